The summed E-state index contributed by atoms with van der Waals surface area (Å²) in [5, 5.41) is 15.4. The number of phenolic OH excluding ortho intramolecular Hbond substituents is 1. The Kier molecular flexibility index (Phi) is 4.81. The molecule has 0 atom stereocenters. The van der Waals surface area contributed by atoms with Crippen molar-refractivity contribution in [2.24, 2.45) is 0 Å². The molecule has 7 heteroatoms. The zero-order chi connectivity index (χ0) is 16.8. The van der Waals surface area contributed by atoms with E-state index in [0.717, 1.165) is 17.8 Å². The van der Waals surface area contributed by atoms with Crippen molar-refractivity contribution < 1.29 is 9.90 Å². The summed E-state index contributed by atoms with van der Waals surface area (Å²) in [6.07, 6.45) is 3.98. The third-order valence-corrected chi connectivity index (χ3v) is 3.39. The number of hydrogen-bond acceptors (Lipinski definition) is 6. The van der Waals surface area contributed by atoms with Crippen LogP contribution in [0.2, 0.25) is 0 Å². The standard InChI is InChI=1S/C17H17N5O2/c23-13-4-1-3-12(11-13)17(24)21-8-2-7-19-15-6-5-14-16(22-15)20-10-9-18-14/h1,3-6,9-11,23H,2,7-8H2,(H,21,24)(H,19,20,22). The van der Waals surface area contributed by atoms with Gasteiger partial charge in [0.1, 0.15) is 17.1 Å². The van der Waals surface area contributed by atoms with Crippen molar-refractivity contribution in [1.29, 1.82) is 0 Å². The van der Waals surface area contributed by atoms with Gasteiger partial charge in [0.25, 0.3) is 5.91 Å². The first kappa shape index (κ1) is 15.7. The fourth-order valence-corrected chi connectivity index (χ4v) is 2.21. The molecular weight excluding hydrogens is 306 g/mol. The molecular formula is C17H17N5O2. The van der Waals surface area contributed by atoms with Gasteiger partial charge < -0.3 is 15.7 Å². The smallest absolute Gasteiger partial charge is 0.251 e. The molecule has 1 aromatic carbocycles. The number of nitrogens with one attached hydrogen (secondary N) is 2. The van der Waals surface area contributed by atoms with Gasteiger partial charge in [-0.15, -0.1) is 0 Å². The van der Waals surface area contributed by atoms with E-state index in [1.807, 2.05) is 12.1 Å². The van der Waals surface area contributed by atoms with Crippen LogP contribution in [0, 0.1) is 0 Å². The van der Waals surface area contributed by atoms with Gasteiger partial charge in [-0.3, -0.25) is 9.78 Å². The lowest BCUT2D eigenvalue weighted by Gasteiger charge is -2.08. The molecule has 0 fully saturated rings. The topological polar surface area (TPSA) is 100 Å². The number of aromatic hydroxyl groups is 1. The molecule has 0 bridgehead atoms. The number of nitrogens with zero attached hydrogens (tertiary/aromatic N) is 3. The van der Waals surface area contributed by atoms with Crippen molar-refractivity contribution >= 4 is 22.9 Å². The zero-order valence-electron chi connectivity index (χ0n) is 12.9. The molecule has 24 heavy (non-hydrogen) atoms. The van der Waals surface area contributed by atoms with Crippen LogP contribution in [0.1, 0.15) is 16.8 Å². The number of rotatable bonds is 6. The molecule has 0 spiro atoms. The van der Waals surface area contributed by atoms with Crippen molar-refractivity contribution in [2.45, 2.75) is 6.42 Å². The second-order valence-corrected chi connectivity index (χ2v) is 5.18. The Morgan fingerprint density at radius 1 is 1.08 bits per heavy atom. The lowest BCUT2D eigenvalue weighted by Crippen LogP contribution is -2.25. The van der Waals surface area contributed by atoms with Gasteiger partial charge in [0.05, 0.1) is 0 Å². The molecule has 1 amide bonds. The molecule has 0 aliphatic rings. The van der Waals surface area contributed by atoms with Crippen LogP contribution in [-0.4, -0.2) is 39.1 Å². The quantitative estimate of drug-likeness (QED) is 0.600. The number of carbonyl (C=O) groups is 1. The summed E-state index contributed by atoms with van der Waals surface area (Å²) < 4.78 is 0. The number of fused-ring (bicyclic) bond motifs is 1. The number of amides is 1. The summed E-state index contributed by atoms with van der Waals surface area (Å²) in [5.74, 6) is 0.599. The predicted octanol–water partition coefficient (Wildman–Crippen LogP) is 1.96. The average Bonchev–Trinajstić information content (AvgIpc) is 2.61. The van der Waals surface area contributed by atoms with Crippen LogP contribution < -0.4 is 10.6 Å². The van der Waals surface area contributed by atoms with E-state index in [0.29, 0.717) is 24.3 Å². The highest BCUT2D eigenvalue weighted by Gasteiger charge is 2.05. The molecule has 3 aromatic rings. The first-order valence-electron chi connectivity index (χ1n) is 7.61. The van der Waals surface area contributed by atoms with Crippen LogP contribution in [0.5, 0.6) is 5.75 Å². The van der Waals surface area contributed by atoms with Gasteiger partial charge in [0, 0.05) is 31.0 Å². The first-order chi connectivity index (χ1) is 11.7. The Balaban J connectivity index is 1.44. The number of anilines is 1. The summed E-state index contributed by atoms with van der Waals surface area (Å²) in [6.45, 7) is 1.19. The van der Waals surface area contributed by atoms with E-state index in [-0.39, 0.29) is 11.7 Å². The van der Waals surface area contributed by atoms with Gasteiger partial charge in [-0.25, -0.2) is 9.97 Å². The minimum atomic E-state index is -0.204. The molecule has 2 heterocycles. The molecule has 0 radical (unpaired) electrons. The summed E-state index contributed by atoms with van der Waals surface area (Å²) in [4.78, 5) is 24.6. The molecule has 0 aliphatic heterocycles. The molecule has 0 unspecified atom stereocenters. The highest BCUT2D eigenvalue weighted by Crippen LogP contribution is 2.11. The fraction of sp³-hybridized carbons (Fsp3) is 0.176. The van der Waals surface area contributed by atoms with Crippen LogP contribution in [0.3, 0.4) is 0 Å². The highest BCUT2D eigenvalue weighted by atomic mass is 16.3. The van der Waals surface area contributed by atoms with Crippen LogP contribution in [0.15, 0.2) is 48.8 Å². The van der Waals surface area contributed by atoms with Crippen molar-refractivity contribution in [1.82, 2.24) is 20.3 Å². The van der Waals surface area contributed by atoms with Crippen molar-refractivity contribution in [3.63, 3.8) is 0 Å². The molecule has 0 saturated heterocycles. The van der Waals surface area contributed by atoms with E-state index >= 15 is 0 Å². The Morgan fingerprint density at radius 3 is 2.83 bits per heavy atom. The SMILES string of the molecule is O=C(NCCCNc1ccc2nccnc2n1)c1cccc(O)c1. The van der Waals surface area contributed by atoms with E-state index in [2.05, 4.69) is 25.6 Å². The maximum absolute atomic E-state index is 11.9. The Labute approximate surface area is 138 Å². The van der Waals surface area contributed by atoms with Gasteiger partial charge >= 0.3 is 0 Å². The molecule has 3 rings (SSSR count). The number of phenols is 1. The van der Waals surface area contributed by atoms with Crippen molar-refractivity contribution in [2.75, 3.05) is 18.4 Å². The second kappa shape index (κ2) is 7.36. The van der Waals surface area contributed by atoms with Crippen molar-refractivity contribution in [3.8, 4) is 5.75 Å². The number of pyridine rings is 1. The lowest BCUT2D eigenvalue weighted by molar-refractivity contribution is 0.0953. The van der Waals surface area contributed by atoms with E-state index in [1.54, 1.807) is 24.5 Å². The van der Waals surface area contributed by atoms with E-state index in [1.165, 1.54) is 12.1 Å². The predicted molar refractivity (Wildman–Crippen MR) is 90.9 cm³/mol. The normalized spacial score (nSPS) is 10.5. The van der Waals surface area contributed by atoms with Crippen LogP contribution >= 0.6 is 0 Å². The van der Waals surface area contributed by atoms with Gasteiger partial charge in [0.2, 0.25) is 0 Å². The minimum absolute atomic E-state index is 0.0785. The molecule has 7 nitrogen and oxygen atoms in total. The third kappa shape index (κ3) is 3.95. The summed E-state index contributed by atoms with van der Waals surface area (Å²) in [6, 6.07) is 9.98. The van der Waals surface area contributed by atoms with Crippen LogP contribution in [0.4, 0.5) is 5.82 Å². The molecule has 3 N–H and O–H groups in total. The Hall–Kier alpha value is -3.22. The molecule has 0 saturated carbocycles. The molecule has 122 valence electrons. The number of aromatic nitrogens is 3. The van der Waals surface area contributed by atoms with Crippen LogP contribution in [0.25, 0.3) is 11.2 Å². The molecule has 2 aromatic heterocycles. The van der Waals surface area contributed by atoms with E-state index in [4.69, 9.17) is 0 Å². The van der Waals surface area contributed by atoms with Crippen molar-refractivity contribution in [3.05, 3.63) is 54.4 Å². The lowest BCUT2D eigenvalue weighted by atomic mass is 10.2. The largest absolute Gasteiger partial charge is 0.508 e. The first-order valence-corrected chi connectivity index (χ1v) is 7.61. The Morgan fingerprint density at radius 2 is 1.96 bits per heavy atom. The van der Waals surface area contributed by atoms with Gasteiger partial charge in [-0.1, -0.05) is 6.07 Å². The highest BCUT2D eigenvalue weighted by molar-refractivity contribution is 5.94. The van der Waals surface area contributed by atoms with Gasteiger partial charge in [-0.2, -0.15) is 0 Å². The maximum Gasteiger partial charge on any atom is 0.251 e. The average molecular weight is 323 g/mol. The third-order valence-electron chi connectivity index (χ3n) is 3.39. The second-order valence-electron chi connectivity index (χ2n) is 5.18. The molecule has 0 aliphatic carbocycles. The fourth-order valence-electron chi connectivity index (χ4n) is 2.21. The Bertz CT molecular complexity index is 853. The number of carbonyl (C=O) groups excluding carboxylic acids is 1. The maximum atomic E-state index is 11.9. The van der Waals surface area contributed by atoms with Crippen LogP contribution in [-0.2, 0) is 0 Å². The summed E-state index contributed by atoms with van der Waals surface area (Å²) in [7, 11) is 0. The monoisotopic (exact) mass is 323 g/mol. The van der Waals surface area contributed by atoms with E-state index < -0.39 is 0 Å². The summed E-state index contributed by atoms with van der Waals surface area (Å²) in [5.41, 5.74) is 1.79. The van der Waals surface area contributed by atoms with Gasteiger partial charge in [0.15, 0.2) is 5.65 Å². The number of hydrogen-bond donors (Lipinski definition) is 3. The van der Waals surface area contributed by atoms with Gasteiger partial charge in [-0.05, 0) is 36.8 Å². The summed E-state index contributed by atoms with van der Waals surface area (Å²) >= 11 is 0. The minimum Gasteiger partial charge on any atom is -0.508 e. The number of benzene rings is 1. The zero-order valence-corrected chi connectivity index (χ0v) is 12.9. The van der Waals surface area contributed by atoms with E-state index in [9.17, 15) is 9.90 Å².